The van der Waals surface area contributed by atoms with Crippen LogP contribution in [0.25, 0.3) is 58.8 Å². The minimum atomic E-state index is 1.13. The van der Waals surface area contributed by atoms with Gasteiger partial charge in [-0.25, -0.2) is 0 Å². The van der Waals surface area contributed by atoms with Crippen LogP contribution in [0.5, 0.6) is 0 Å². The highest BCUT2D eigenvalue weighted by Crippen LogP contribution is 2.43. The topological polar surface area (TPSA) is 12.4 Å². The van der Waals surface area contributed by atoms with Gasteiger partial charge in [-0.05, 0) is 82.1 Å². The van der Waals surface area contributed by atoms with E-state index < -0.39 is 0 Å². The van der Waals surface area contributed by atoms with Crippen LogP contribution < -0.4 is 0 Å². The average molecular weight is 506 g/mol. The number of aliphatic imine (C=N–C) groups is 1. The molecule has 0 spiro atoms. The Bertz CT molecular complexity index is 1900. The highest BCUT2D eigenvalue weighted by atomic mass is 32.1. The van der Waals surface area contributed by atoms with Gasteiger partial charge >= 0.3 is 0 Å². The third-order valence-corrected chi connectivity index (χ3v) is 8.11. The molecule has 0 N–H and O–H groups in total. The average Bonchev–Trinajstić information content (AvgIpc) is 3.36. The molecule has 2 heteroatoms. The first-order valence-electron chi connectivity index (χ1n) is 12.8. The summed E-state index contributed by atoms with van der Waals surface area (Å²) in [5.74, 6) is 0. The molecule has 0 aliphatic carbocycles. The molecule has 0 atom stereocenters. The maximum absolute atomic E-state index is 3.82. The van der Waals surface area contributed by atoms with Gasteiger partial charge in [0.25, 0.3) is 0 Å². The SMILES string of the molecule is C=N\C=C/C=C(\C=C\C)c1cccc(-c2cccc(-c3cccc4sc5c6ccccc6ccc5c34)c2)c1. The quantitative estimate of drug-likeness (QED) is 0.158. The van der Waals surface area contributed by atoms with E-state index in [1.165, 1.54) is 53.2 Å². The van der Waals surface area contributed by atoms with Crippen LogP contribution in [-0.4, -0.2) is 6.72 Å². The van der Waals surface area contributed by atoms with Crippen LogP contribution in [-0.2, 0) is 0 Å². The molecule has 0 amide bonds. The number of nitrogens with zero attached hydrogens (tertiary/aromatic N) is 1. The van der Waals surface area contributed by atoms with Gasteiger partial charge in [0.05, 0.1) is 0 Å². The Morgan fingerprint density at radius 3 is 2.42 bits per heavy atom. The fraction of sp³-hybridized carbons (Fsp3) is 0.0278. The Balaban J connectivity index is 1.47. The van der Waals surface area contributed by atoms with Gasteiger partial charge in [-0.3, -0.25) is 4.99 Å². The van der Waals surface area contributed by atoms with Crippen molar-refractivity contribution in [2.24, 2.45) is 4.99 Å². The predicted octanol–water partition coefficient (Wildman–Crippen LogP) is 10.7. The van der Waals surface area contributed by atoms with E-state index in [0.717, 1.165) is 11.1 Å². The van der Waals surface area contributed by atoms with Gasteiger partial charge in [-0.15, -0.1) is 11.3 Å². The fourth-order valence-electron chi connectivity index (χ4n) is 5.17. The van der Waals surface area contributed by atoms with E-state index in [-0.39, 0.29) is 0 Å². The first kappa shape index (κ1) is 23.8. The van der Waals surface area contributed by atoms with Crippen LogP contribution in [0.2, 0.25) is 0 Å². The van der Waals surface area contributed by atoms with Crippen molar-refractivity contribution in [2.75, 3.05) is 0 Å². The molecule has 0 radical (unpaired) electrons. The molecule has 0 bridgehead atoms. The molecule has 1 nitrogen and oxygen atoms in total. The Morgan fingerprint density at radius 1 is 0.763 bits per heavy atom. The molecule has 1 heterocycles. The van der Waals surface area contributed by atoms with E-state index in [9.17, 15) is 0 Å². The molecule has 182 valence electrons. The molecule has 6 rings (SSSR count). The summed E-state index contributed by atoms with van der Waals surface area (Å²) in [7, 11) is 0. The second kappa shape index (κ2) is 10.5. The van der Waals surface area contributed by atoms with Crippen molar-refractivity contribution < 1.29 is 0 Å². The number of benzene rings is 5. The summed E-state index contributed by atoms with van der Waals surface area (Å²) in [5.41, 5.74) is 7.20. The van der Waals surface area contributed by atoms with Gasteiger partial charge < -0.3 is 0 Å². The number of thiophene rings is 1. The van der Waals surface area contributed by atoms with Crippen molar-refractivity contribution in [3.05, 3.63) is 139 Å². The summed E-state index contributed by atoms with van der Waals surface area (Å²) in [5, 5.41) is 5.28. The smallest absolute Gasteiger partial charge is 0.0434 e. The molecule has 0 aliphatic heterocycles. The lowest BCUT2D eigenvalue weighted by molar-refractivity contribution is 1.56. The summed E-state index contributed by atoms with van der Waals surface area (Å²) in [4.78, 5) is 3.82. The van der Waals surface area contributed by atoms with Crippen LogP contribution in [0.1, 0.15) is 12.5 Å². The zero-order chi connectivity index (χ0) is 25.9. The third kappa shape index (κ3) is 4.40. The lowest BCUT2D eigenvalue weighted by atomic mass is 9.94. The van der Waals surface area contributed by atoms with Crippen molar-refractivity contribution in [3.63, 3.8) is 0 Å². The molecule has 0 fully saturated rings. The van der Waals surface area contributed by atoms with E-state index in [2.05, 4.69) is 133 Å². The van der Waals surface area contributed by atoms with Gasteiger partial charge in [0, 0.05) is 26.4 Å². The van der Waals surface area contributed by atoms with Crippen LogP contribution in [0.3, 0.4) is 0 Å². The van der Waals surface area contributed by atoms with Crippen molar-refractivity contribution in [1.29, 1.82) is 0 Å². The second-order valence-corrected chi connectivity index (χ2v) is 10.3. The summed E-state index contributed by atoms with van der Waals surface area (Å²) < 4.78 is 2.68. The van der Waals surface area contributed by atoms with Crippen molar-refractivity contribution in [2.45, 2.75) is 6.92 Å². The minimum Gasteiger partial charge on any atom is -0.273 e. The first-order valence-corrected chi connectivity index (χ1v) is 13.6. The standard InChI is InChI=1S/C36H27NS/c1-3-10-25(16-9-22-37-2)27-12-6-13-28(23-27)29-14-7-15-30(24-29)31-18-8-19-34-35(31)33-21-20-26-11-4-5-17-32(26)36(33)38-34/h3-24H,2H2,1H3/b10-3+,22-9-,25-16+. The third-order valence-electron chi connectivity index (χ3n) is 6.90. The Kier molecular flexibility index (Phi) is 6.56. The van der Waals surface area contributed by atoms with Gasteiger partial charge in [0.15, 0.2) is 0 Å². The molecule has 0 saturated heterocycles. The van der Waals surface area contributed by atoms with Gasteiger partial charge in [-0.1, -0.05) is 103 Å². The summed E-state index contributed by atoms with van der Waals surface area (Å²) in [6.45, 7) is 5.56. The Morgan fingerprint density at radius 2 is 1.55 bits per heavy atom. The number of hydrogen-bond acceptors (Lipinski definition) is 2. The van der Waals surface area contributed by atoms with E-state index in [1.54, 1.807) is 6.20 Å². The summed E-state index contributed by atoms with van der Waals surface area (Å²) >= 11 is 1.89. The van der Waals surface area contributed by atoms with Crippen molar-refractivity contribution >= 4 is 54.6 Å². The van der Waals surface area contributed by atoms with E-state index >= 15 is 0 Å². The van der Waals surface area contributed by atoms with Crippen LogP contribution >= 0.6 is 11.3 Å². The number of allylic oxidation sites excluding steroid dienone is 5. The minimum absolute atomic E-state index is 1.13. The summed E-state index contributed by atoms with van der Waals surface area (Å²) in [6.07, 6.45) is 9.87. The lowest BCUT2D eigenvalue weighted by Crippen LogP contribution is -1.86. The molecule has 0 aliphatic rings. The van der Waals surface area contributed by atoms with Gasteiger partial charge in [0.2, 0.25) is 0 Å². The molecule has 0 saturated carbocycles. The summed E-state index contributed by atoms with van der Waals surface area (Å²) in [6, 6.07) is 37.5. The van der Waals surface area contributed by atoms with E-state index in [4.69, 9.17) is 0 Å². The van der Waals surface area contributed by atoms with Crippen LogP contribution in [0.4, 0.5) is 0 Å². The van der Waals surface area contributed by atoms with Gasteiger partial charge in [-0.2, -0.15) is 0 Å². The molecule has 0 unspecified atom stereocenters. The molecule has 5 aromatic carbocycles. The zero-order valence-corrected chi connectivity index (χ0v) is 22.1. The number of rotatable bonds is 6. The zero-order valence-electron chi connectivity index (χ0n) is 21.3. The number of hydrogen-bond donors (Lipinski definition) is 0. The Hall–Kier alpha value is -4.53. The monoisotopic (exact) mass is 505 g/mol. The number of fused-ring (bicyclic) bond motifs is 5. The highest BCUT2D eigenvalue weighted by Gasteiger charge is 2.13. The molecular weight excluding hydrogens is 478 g/mol. The molecule has 38 heavy (non-hydrogen) atoms. The van der Waals surface area contributed by atoms with E-state index in [0.29, 0.717) is 0 Å². The lowest BCUT2D eigenvalue weighted by Gasteiger charge is -2.10. The van der Waals surface area contributed by atoms with Gasteiger partial charge in [0.1, 0.15) is 0 Å². The normalized spacial score (nSPS) is 12.4. The highest BCUT2D eigenvalue weighted by molar-refractivity contribution is 7.26. The second-order valence-electron chi connectivity index (χ2n) is 9.25. The van der Waals surface area contributed by atoms with Crippen LogP contribution in [0, 0.1) is 0 Å². The van der Waals surface area contributed by atoms with Crippen molar-refractivity contribution in [3.8, 4) is 22.3 Å². The maximum Gasteiger partial charge on any atom is 0.0434 e. The fourth-order valence-corrected chi connectivity index (χ4v) is 6.44. The Labute approximate surface area is 227 Å². The molecular formula is C36H27NS. The van der Waals surface area contributed by atoms with Crippen LogP contribution in [0.15, 0.2) is 139 Å². The molecule has 6 aromatic rings. The first-order chi connectivity index (χ1) is 18.8. The van der Waals surface area contributed by atoms with Crippen molar-refractivity contribution in [1.82, 2.24) is 0 Å². The molecule has 1 aromatic heterocycles. The maximum atomic E-state index is 3.82. The van der Waals surface area contributed by atoms with E-state index in [1.807, 2.05) is 24.3 Å². The predicted molar refractivity (Wildman–Crippen MR) is 169 cm³/mol. The largest absolute Gasteiger partial charge is 0.273 e.